The van der Waals surface area contributed by atoms with Crippen LogP contribution >= 0.6 is 0 Å². The van der Waals surface area contributed by atoms with Crippen LogP contribution in [-0.2, 0) is 0 Å². The van der Waals surface area contributed by atoms with Gasteiger partial charge < -0.3 is 20.5 Å². The molecule has 0 radical (unpaired) electrons. The number of aromatic hydroxyl groups is 1. The molecule has 0 bridgehead atoms. The maximum atomic E-state index is 11.8. The number of methoxy groups -OCH3 is 1. The van der Waals surface area contributed by atoms with Crippen LogP contribution in [0.4, 0.5) is 0 Å². The van der Waals surface area contributed by atoms with Gasteiger partial charge in [-0.2, -0.15) is 0 Å². The third-order valence-electron chi connectivity index (χ3n) is 2.57. The number of hydrogen-bond acceptors (Lipinski definition) is 4. The Hall–Kier alpha value is -1.75. The SMILES string of the molecule is COc1ccc(O)c(C(=O)NC2CNC2)c1. The zero-order valence-corrected chi connectivity index (χ0v) is 8.99. The average molecular weight is 222 g/mol. The summed E-state index contributed by atoms with van der Waals surface area (Å²) >= 11 is 0. The highest BCUT2D eigenvalue weighted by atomic mass is 16.5. The van der Waals surface area contributed by atoms with Gasteiger partial charge in [0.15, 0.2) is 0 Å². The van der Waals surface area contributed by atoms with Crippen molar-refractivity contribution >= 4 is 5.91 Å². The average Bonchev–Trinajstić information content (AvgIpc) is 2.24. The summed E-state index contributed by atoms with van der Waals surface area (Å²) < 4.78 is 5.00. The minimum atomic E-state index is -0.275. The molecule has 2 rings (SSSR count). The van der Waals surface area contributed by atoms with Crippen LogP contribution in [0.15, 0.2) is 18.2 Å². The molecular formula is C11H14N2O3. The Morgan fingerprint density at radius 2 is 2.31 bits per heavy atom. The van der Waals surface area contributed by atoms with Crippen molar-refractivity contribution in [3.05, 3.63) is 23.8 Å². The normalized spacial score (nSPS) is 15.3. The fraction of sp³-hybridized carbons (Fsp3) is 0.364. The maximum absolute atomic E-state index is 11.8. The summed E-state index contributed by atoms with van der Waals surface area (Å²) in [6, 6.07) is 4.73. The number of nitrogens with one attached hydrogen (secondary N) is 2. The maximum Gasteiger partial charge on any atom is 0.255 e. The summed E-state index contributed by atoms with van der Waals surface area (Å²) in [6.45, 7) is 1.55. The molecule has 0 atom stereocenters. The number of ether oxygens (including phenoxy) is 1. The van der Waals surface area contributed by atoms with E-state index in [1.54, 1.807) is 6.07 Å². The van der Waals surface area contributed by atoms with Crippen molar-refractivity contribution in [1.29, 1.82) is 0 Å². The van der Waals surface area contributed by atoms with E-state index in [1.807, 2.05) is 0 Å². The number of hydrogen-bond donors (Lipinski definition) is 3. The molecule has 0 aromatic heterocycles. The van der Waals surface area contributed by atoms with E-state index in [0.717, 1.165) is 13.1 Å². The lowest BCUT2D eigenvalue weighted by Gasteiger charge is -2.28. The molecular weight excluding hydrogens is 208 g/mol. The Labute approximate surface area is 93.4 Å². The second-order valence-corrected chi connectivity index (χ2v) is 3.71. The highest BCUT2D eigenvalue weighted by Crippen LogP contribution is 2.22. The Morgan fingerprint density at radius 1 is 1.56 bits per heavy atom. The molecule has 5 heteroatoms. The van der Waals surface area contributed by atoms with Gasteiger partial charge in [-0.15, -0.1) is 0 Å². The lowest BCUT2D eigenvalue weighted by atomic mass is 10.1. The van der Waals surface area contributed by atoms with Crippen LogP contribution in [0.5, 0.6) is 11.5 Å². The van der Waals surface area contributed by atoms with Gasteiger partial charge in [0.05, 0.1) is 18.7 Å². The molecule has 16 heavy (non-hydrogen) atoms. The quantitative estimate of drug-likeness (QED) is 0.678. The second-order valence-electron chi connectivity index (χ2n) is 3.71. The van der Waals surface area contributed by atoms with E-state index in [-0.39, 0.29) is 23.3 Å². The molecule has 0 saturated carbocycles. The molecule has 1 aliphatic rings. The molecule has 86 valence electrons. The summed E-state index contributed by atoms with van der Waals surface area (Å²) in [5.74, 6) is 0.239. The zero-order chi connectivity index (χ0) is 11.5. The van der Waals surface area contributed by atoms with Crippen molar-refractivity contribution < 1.29 is 14.6 Å². The zero-order valence-electron chi connectivity index (χ0n) is 8.99. The van der Waals surface area contributed by atoms with Gasteiger partial charge in [0.2, 0.25) is 0 Å². The van der Waals surface area contributed by atoms with Crippen LogP contribution < -0.4 is 15.4 Å². The topological polar surface area (TPSA) is 70.6 Å². The van der Waals surface area contributed by atoms with Gasteiger partial charge in [-0.1, -0.05) is 0 Å². The molecule has 0 spiro atoms. The Balaban J connectivity index is 2.13. The number of phenols is 1. The van der Waals surface area contributed by atoms with Crippen molar-refractivity contribution in [2.75, 3.05) is 20.2 Å². The number of amides is 1. The standard InChI is InChI=1S/C11H14N2O3/c1-16-8-2-3-10(14)9(4-8)11(15)13-7-5-12-6-7/h2-4,7,12,14H,5-6H2,1H3,(H,13,15). The number of carbonyl (C=O) groups excluding carboxylic acids is 1. The summed E-state index contributed by atoms with van der Waals surface area (Å²) in [5.41, 5.74) is 0.242. The van der Waals surface area contributed by atoms with E-state index in [4.69, 9.17) is 4.74 Å². The lowest BCUT2D eigenvalue weighted by Crippen LogP contribution is -2.56. The molecule has 5 nitrogen and oxygen atoms in total. The van der Waals surface area contributed by atoms with Gasteiger partial charge in [-0.3, -0.25) is 4.79 Å². The van der Waals surface area contributed by atoms with Crippen LogP contribution in [0.2, 0.25) is 0 Å². The van der Waals surface area contributed by atoms with Gasteiger partial charge in [-0.05, 0) is 18.2 Å². The van der Waals surface area contributed by atoms with E-state index < -0.39 is 0 Å². The molecule has 1 aliphatic heterocycles. The van der Waals surface area contributed by atoms with Crippen molar-refractivity contribution in [1.82, 2.24) is 10.6 Å². The molecule has 1 amide bonds. The fourth-order valence-corrected chi connectivity index (χ4v) is 1.48. The summed E-state index contributed by atoms with van der Waals surface area (Å²) in [7, 11) is 1.52. The molecule has 1 aromatic carbocycles. The Bertz CT molecular complexity index is 402. The van der Waals surface area contributed by atoms with Crippen LogP contribution in [0.1, 0.15) is 10.4 Å². The molecule has 1 saturated heterocycles. The Morgan fingerprint density at radius 3 is 2.88 bits per heavy atom. The molecule has 1 aromatic rings. The molecule has 3 N–H and O–H groups in total. The molecule has 0 aliphatic carbocycles. The number of phenolic OH excluding ortho intramolecular Hbond substituents is 1. The smallest absolute Gasteiger partial charge is 0.255 e. The second kappa shape index (κ2) is 4.40. The number of rotatable bonds is 3. The van der Waals surface area contributed by atoms with E-state index in [2.05, 4.69) is 10.6 Å². The van der Waals surface area contributed by atoms with Crippen LogP contribution in [-0.4, -0.2) is 37.3 Å². The minimum absolute atomic E-state index is 0.0365. The highest BCUT2D eigenvalue weighted by Gasteiger charge is 2.21. The fourth-order valence-electron chi connectivity index (χ4n) is 1.48. The first-order chi connectivity index (χ1) is 7.70. The van der Waals surface area contributed by atoms with Gasteiger partial charge in [-0.25, -0.2) is 0 Å². The summed E-state index contributed by atoms with van der Waals surface area (Å²) in [4.78, 5) is 11.8. The Kier molecular flexibility index (Phi) is 2.96. The predicted molar refractivity (Wildman–Crippen MR) is 58.8 cm³/mol. The van der Waals surface area contributed by atoms with Crippen molar-refractivity contribution in [2.45, 2.75) is 6.04 Å². The van der Waals surface area contributed by atoms with Gasteiger partial charge in [0.25, 0.3) is 5.91 Å². The predicted octanol–water partition coefficient (Wildman–Crippen LogP) is 0.102. The van der Waals surface area contributed by atoms with E-state index in [0.29, 0.717) is 5.75 Å². The third kappa shape index (κ3) is 2.09. The summed E-state index contributed by atoms with van der Waals surface area (Å²) in [6.07, 6.45) is 0. The van der Waals surface area contributed by atoms with E-state index in [1.165, 1.54) is 19.2 Å². The first-order valence-electron chi connectivity index (χ1n) is 5.09. The molecule has 0 unspecified atom stereocenters. The number of benzene rings is 1. The van der Waals surface area contributed by atoms with Crippen LogP contribution in [0.3, 0.4) is 0 Å². The van der Waals surface area contributed by atoms with E-state index in [9.17, 15) is 9.90 Å². The third-order valence-corrected chi connectivity index (χ3v) is 2.57. The summed E-state index contributed by atoms with van der Waals surface area (Å²) in [5, 5.41) is 15.4. The molecule has 1 heterocycles. The minimum Gasteiger partial charge on any atom is -0.507 e. The first kappa shape index (κ1) is 10.8. The van der Waals surface area contributed by atoms with Gasteiger partial charge >= 0.3 is 0 Å². The largest absolute Gasteiger partial charge is 0.507 e. The van der Waals surface area contributed by atoms with Gasteiger partial charge in [0, 0.05) is 13.1 Å². The molecule has 1 fully saturated rings. The monoisotopic (exact) mass is 222 g/mol. The van der Waals surface area contributed by atoms with Crippen molar-refractivity contribution in [2.24, 2.45) is 0 Å². The highest BCUT2D eigenvalue weighted by molar-refractivity contribution is 5.97. The van der Waals surface area contributed by atoms with Crippen LogP contribution in [0.25, 0.3) is 0 Å². The lowest BCUT2D eigenvalue weighted by molar-refractivity contribution is 0.0921. The van der Waals surface area contributed by atoms with Crippen molar-refractivity contribution in [3.8, 4) is 11.5 Å². The van der Waals surface area contributed by atoms with Crippen molar-refractivity contribution in [3.63, 3.8) is 0 Å². The van der Waals surface area contributed by atoms with E-state index >= 15 is 0 Å². The van der Waals surface area contributed by atoms with Crippen LogP contribution in [0, 0.1) is 0 Å². The first-order valence-corrected chi connectivity index (χ1v) is 5.09. The van der Waals surface area contributed by atoms with Gasteiger partial charge in [0.1, 0.15) is 11.5 Å². The number of carbonyl (C=O) groups is 1.